The second kappa shape index (κ2) is 9.59. The molecule has 2 aliphatic rings. The fourth-order valence-corrected chi connectivity index (χ4v) is 2.92. The molecule has 164 valence electrons. The highest BCUT2D eigenvalue weighted by atomic mass is 19.1. The summed E-state index contributed by atoms with van der Waals surface area (Å²) in [4.78, 5) is 31.9. The predicted octanol–water partition coefficient (Wildman–Crippen LogP) is 1.91. The summed E-state index contributed by atoms with van der Waals surface area (Å²) in [7, 11) is 0. The van der Waals surface area contributed by atoms with Crippen LogP contribution in [0.1, 0.15) is 27.2 Å². The summed E-state index contributed by atoms with van der Waals surface area (Å²) < 4.78 is 32.0. The minimum atomic E-state index is -1.90. The highest BCUT2D eigenvalue weighted by Gasteiger charge is 2.60. The number of rotatable bonds is 8. The van der Waals surface area contributed by atoms with E-state index in [-0.39, 0.29) is 18.1 Å². The lowest BCUT2D eigenvalue weighted by Crippen LogP contribution is -2.51. The SMILES string of the molecule is C=C1N=C(N)C=CN1[C@@H]1O[C@](CN=[N+]=[N-])(COC(=O)CC)[C@@H](OC(=O)C(C)C)[C@H]1F. The van der Waals surface area contributed by atoms with Crippen molar-refractivity contribution in [3.63, 3.8) is 0 Å². The van der Waals surface area contributed by atoms with Gasteiger partial charge in [0.05, 0.1) is 12.5 Å². The number of azide groups is 1. The number of carbonyl (C=O) groups excluding carboxylic acids is 2. The average molecular weight is 424 g/mol. The molecule has 2 N–H and O–H groups in total. The highest BCUT2D eigenvalue weighted by Crippen LogP contribution is 2.40. The normalized spacial score (nSPS) is 28.2. The largest absolute Gasteiger partial charge is 0.462 e. The topological polar surface area (TPSA) is 152 Å². The summed E-state index contributed by atoms with van der Waals surface area (Å²) in [5.41, 5.74) is 12.7. The molecule has 12 heteroatoms. The number of halogens is 1. The number of esters is 2. The average Bonchev–Trinajstić information content (AvgIpc) is 2.97. The van der Waals surface area contributed by atoms with E-state index in [4.69, 9.17) is 25.5 Å². The van der Waals surface area contributed by atoms with Crippen molar-refractivity contribution in [3.05, 3.63) is 35.1 Å². The molecule has 1 saturated heterocycles. The number of alkyl halides is 1. The Bertz CT molecular complexity index is 809. The van der Waals surface area contributed by atoms with E-state index < -0.39 is 55.1 Å². The van der Waals surface area contributed by atoms with Crippen molar-refractivity contribution in [1.82, 2.24) is 4.90 Å². The molecule has 30 heavy (non-hydrogen) atoms. The lowest BCUT2D eigenvalue weighted by atomic mass is 9.96. The van der Waals surface area contributed by atoms with Crippen LogP contribution in [-0.2, 0) is 23.8 Å². The van der Waals surface area contributed by atoms with Gasteiger partial charge < -0.3 is 24.8 Å². The molecule has 11 nitrogen and oxygen atoms in total. The standard InChI is InChI=1S/C18H25FN6O5/c1-5-13(26)28-9-18(8-22-24-21)15(29-17(27)10(2)3)14(19)16(30-18)25-7-6-12(20)23-11(25)4/h6-7,10,14-16H,4-5,8-9H2,1-3H3,(H2,20,23)/t14-,15+,16-,18-/m1/s1. The van der Waals surface area contributed by atoms with Crippen LogP contribution in [0.2, 0.25) is 0 Å². The summed E-state index contributed by atoms with van der Waals surface area (Å²) in [6.07, 6.45) is -1.86. The summed E-state index contributed by atoms with van der Waals surface area (Å²) in [5, 5.41) is 3.48. The molecule has 0 aromatic rings. The van der Waals surface area contributed by atoms with Gasteiger partial charge in [-0.25, -0.2) is 9.38 Å². The first-order valence-corrected chi connectivity index (χ1v) is 9.33. The lowest BCUT2D eigenvalue weighted by Gasteiger charge is -2.33. The van der Waals surface area contributed by atoms with Crippen LogP contribution in [0.3, 0.4) is 0 Å². The fraction of sp³-hybridized carbons (Fsp3) is 0.611. The molecule has 0 bridgehead atoms. The Morgan fingerprint density at radius 3 is 2.83 bits per heavy atom. The first-order valence-electron chi connectivity index (χ1n) is 9.33. The number of hydrogen-bond acceptors (Lipinski definition) is 9. The van der Waals surface area contributed by atoms with Crippen molar-refractivity contribution in [1.29, 1.82) is 0 Å². The smallest absolute Gasteiger partial charge is 0.308 e. The molecule has 0 amide bonds. The van der Waals surface area contributed by atoms with Gasteiger partial charge in [-0.05, 0) is 11.6 Å². The Morgan fingerprint density at radius 2 is 2.27 bits per heavy atom. The van der Waals surface area contributed by atoms with Crippen LogP contribution in [-0.4, -0.2) is 59.9 Å². The lowest BCUT2D eigenvalue weighted by molar-refractivity contribution is -0.178. The van der Waals surface area contributed by atoms with Crippen LogP contribution in [0.4, 0.5) is 4.39 Å². The molecule has 0 aromatic heterocycles. The van der Waals surface area contributed by atoms with Gasteiger partial charge in [0.2, 0.25) is 0 Å². The zero-order chi connectivity index (χ0) is 22.5. The zero-order valence-electron chi connectivity index (χ0n) is 17.0. The second-order valence-electron chi connectivity index (χ2n) is 7.11. The van der Waals surface area contributed by atoms with E-state index in [0.29, 0.717) is 0 Å². The molecular formula is C18H25FN6O5. The van der Waals surface area contributed by atoms with Gasteiger partial charge in [-0.2, -0.15) is 0 Å². The molecule has 2 aliphatic heterocycles. The van der Waals surface area contributed by atoms with E-state index in [1.807, 2.05) is 0 Å². The Balaban J connectivity index is 2.43. The molecule has 2 rings (SSSR count). The van der Waals surface area contributed by atoms with Crippen LogP contribution in [0.15, 0.2) is 34.8 Å². The Morgan fingerprint density at radius 1 is 1.57 bits per heavy atom. The van der Waals surface area contributed by atoms with Crippen molar-refractivity contribution >= 4 is 17.8 Å². The first kappa shape index (κ1) is 23.2. The van der Waals surface area contributed by atoms with Gasteiger partial charge in [-0.3, -0.25) is 9.59 Å². The fourth-order valence-electron chi connectivity index (χ4n) is 2.92. The number of amidine groups is 1. The summed E-state index contributed by atoms with van der Waals surface area (Å²) >= 11 is 0. The van der Waals surface area contributed by atoms with Crippen LogP contribution < -0.4 is 5.73 Å². The molecule has 0 radical (unpaired) electrons. The third kappa shape index (κ3) is 4.89. The van der Waals surface area contributed by atoms with E-state index in [2.05, 4.69) is 21.6 Å². The quantitative estimate of drug-likeness (QED) is 0.270. The number of nitrogens with zero attached hydrogens (tertiary/aromatic N) is 5. The third-order valence-electron chi connectivity index (χ3n) is 4.55. The van der Waals surface area contributed by atoms with Gasteiger partial charge in [0.25, 0.3) is 0 Å². The van der Waals surface area contributed by atoms with E-state index in [9.17, 15) is 9.59 Å². The zero-order valence-corrected chi connectivity index (χ0v) is 17.0. The van der Waals surface area contributed by atoms with Crippen LogP contribution in [0.5, 0.6) is 0 Å². The Labute approximate surface area is 173 Å². The maximum atomic E-state index is 15.6. The Hall–Kier alpha value is -3.11. The number of hydrogen-bond donors (Lipinski definition) is 1. The van der Waals surface area contributed by atoms with Crippen LogP contribution in [0.25, 0.3) is 10.4 Å². The first-order chi connectivity index (χ1) is 14.1. The Kier molecular flexibility index (Phi) is 7.41. The summed E-state index contributed by atoms with van der Waals surface area (Å²) in [6, 6.07) is 0. The van der Waals surface area contributed by atoms with Gasteiger partial charge in [-0.15, -0.1) is 0 Å². The van der Waals surface area contributed by atoms with Crippen molar-refractivity contribution in [2.75, 3.05) is 13.2 Å². The minimum Gasteiger partial charge on any atom is -0.462 e. The van der Waals surface area contributed by atoms with E-state index in [1.165, 1.54) is 17.2 Å². The van der Waals surface area contributed by atoms with Crippen LogP contribution in [0, 0.1) is 5.92 Å². The molecule has 0 spiro atoms. The summed E-state index contributed by atoms with van der Waals surface area (Å²) in [5.74, 6) is -1.55. The minimum absolute atomic E-state index is 0.0657. The van der Waals surface area contributed by atoms with Gasteiger partial charge in [0, 0.05) is 17.5 Å². The molecule has 4 atom stereocenters. The van der Waals surface area contributed by atoms with Crippen molar-refractivity contribution in [2.24, 2.45) is 21.8 Å². The molecule has 0 unspecified atom stereocenters. The molecule has 0 aliphatic carbocycles. The van der Waals surface area contributed by atoms with E-state index >= 15 is 4.39 Å². The van der Waals surface area contributed by atoms with Gasteiger partial charge in [-0.1, -0.05) is 32.5 Å². The number of carbonyl (C=O) groups is 2. The number of nitrogens with two attached hydrogens (primary N) is 1. The molecule has 0 aromatic carbocycles. The monoisotopic (exact) mass is 424 g/mol. The molecule has 2 heterocycles. The third-order valence-corrected chi connectivity index (χ3v) is 4.55. The van der Waals surface area contributed by atoms with Crippen molar-refractivity contribution in [2.45, 2.75) is 51.3 Å². The van der Waals surface area contributed by atoms with Crippen LogP contribution >= 0.6 is 0 Å². The molecule has 0 saturated carbocycles. The molecule has 1 fully saturated rings. The number of aliphatic imine (C=N–C) groups is 1. The van der Waals surface area contributed by atoms with Gasteiger partial charge in [0.1, 0.15) is 18.3 Å². The summed E-state index contributed by atoms with van der Waals surface area (Å²) in [6.45, 7) is 7.55. The van der Waals surface area contributed by atoms with E-state index in [0.717, 1.165) is 0 Å². The maximum absolute atomic E-state index is 15.6. The van der Waals surface area contributed by atoms with Crippen molar-refractivity contribution in [3.8, 4) is 0 Å². The van der Waals surface area contributed by atoms with Crippen molar-refractivity contribution < 1.29 is 28.2 Å². The van der Waals surface area contributed by atoms with Gasteiger partial charge >= 0.3 is 11.9 Å². The number of ether oxygens (including phenoxy) is 3. The highest BCUT2D eigenvalue weighted by molar-refractivity contribution is 5.92. The van der Waals surface area contributed by atoms with Gasteiger partial charge in [0.15, 0.2) is 24.1 Å². The van der Waals surface area contributed by atoms with E-state index in [1.54, 1.807) is 20.8 Å². The maximum Gasteiger partial charge on any atom is 0.308 e. The predicted molar refractivity (Wildman–Crippen MR) is 104 cm³/mol. The molecular weight excluding hydrogens is 399 g/mol. The second-order valence-corrected chi connectivity index (χ2v) is 7.11.